The molecule has 0 heterocycles. The molecule has 2 N–H and O–H groups in total. The van der Waals surface area contributed by atoms with Gasteiger partial charge in [-0.3, -0.25) is 0 Å². The van der Waals surface area contributed by atoms with E-state index in [1.54, 1.807) is 6.92 Å². The van der Waals surface area contributed by atoms with E-state index < -0.39 is 0 Å². The van der Waals surface area contributed by atoms with Gasteiger partial charge in [0.15, 0.2) is 0 Å². The van der Waals surface area contributed by atoms with E-state index in [4.69, 9.17) is 0 Å². The number of unbranched alkanes of at least 4 members (excludes halogenated alkanes) is 3. The van der Waals surface area contributed by atoms with Crippen molar-refractivity contribution in [3.05, 3.63) is 29.3 Å². The Hall–Kier alpha value is -1.02. The highest BCUT2D eigenvalue weighted by Crippen LogP contribution is 2.35. The highest BCUT2D eigenvalue weighted by Gasteiger charge is 2.22. The van der Waals surface area contributed by atoms with Crippen LogP contribution >= 0.6 is 0 Å². The number of aromatic hydroxyl groups is 1. The molecule has 0 amide bonds. The zero-order valence-corrected chi connectivity index (χ0v) is 15.0. The molecule has 0 aliphatic carbocycles. The lowest BCUT2D eigenvalue weighted by Crippen LogP contribution is -2.17. The van der Waals surface area contributed by atoms with Gasteiger partial charge in [-0.2, -0.15) is 0 Å². The van der Waals surface area contributed by atoms with Crippen LogP contribution in [0.15, 0.2) is 18.2 Å². The Kier molecular flexibility index (Phi) is 7.41. The van der Waals surface area contributed by atoms with E-state index >= 15 is 0 Å². The molecule has 0 fully saturated rings. The second-order valence-corrected chi connectivity index (χ2v) is 7.45. The molecule has 0 saturated heterocycles. The van der Waals surface area contributed by atoms with Crippen molar-refractivity contribution in [1.82, 2.24) is 0 Å². The Morgan fingerprint density at radius 2 is 1.77 bits per heavy atom. The smallest absolute Gasteiger partial charge is 0.119 e. The van der Waals surface area contributed by atoms with Crippen LogP contribution in [0, 0.1) is 0 Å². The maximum atomic E-state index is 10.4. The Labute approximate surface area is 136 Å². The number of hydrogen-bond acceptors (Lipinski definition) is 2. The lowest BCUT2D eigenvalue weighted by Gasteiger charge is -2.26. The summed E-state index contributed by atoms with van der Waals surface area (Å²) in [6, 6.07) is 6.10. The van der Waals surface area contributed by atoms with Crippen LogP contribution in [0.3, 0.4) is 0 Å². The second-order valence-electron chi connectivity index (χ2n) is 7.45. The van der Waals surface area contributed by atoms with Crippen LogP contribution in [-0.4, -0.2) is 16.3 Å². The van der Waals surface area contributed by atoms with Crippen molar-refractivity contribution in [1.29, 1.82) is 0 Å². The van der Waals surface area contributed by atoms with Crippen molar-refractivity contribution in [3.63, 3.8) is 0 Å². The molecule has 0 aliphatic rings. The molecule has 2 atom stereocenters. The van der Waals surface area contributed by atoms with Gasteiger partial charge in [0.1, 0.15) is 5.75 Å². The normalized spacial score (nSPS) is 14.8. The van der Waals surface area contributed by atoms with E-state index in [0.29, 0.717) is 12.2 Å². The highest BCUT2D eigenvalue weighted by atomic mass is 16.3. The fourth-order valence-corrected chi connectivity index (χ4v) is 3.16. The first-order chi connectivity index (χ1) is 10.3. The first-order valence-corrected chi connectivity index (χ1v) is 8.79. The molecular formula is C20H34O2. The summed E-state index contributed by atoms with van der Waals surface area (Å²) in [5.74, 6) is 0.536. The summed E-state index contributed by atoms with van der Waals surface area (Å²) in [5, 5.41) is 19.9. The lowest BCUT2D eigenvalue weighted by molar-refractivity contribution is 0.176. The molecule has 0 spiro atoms. The fraction of sp³-hybridized carbons (Fsp3) is 0.700. The Bertz CT molecular complexity index is 449. The van der Waals surface area contributed by atoms with Crippen molar-refractivity contribution in [2.45, 2.75) is 90.6 Å². The predicted octanol–water partition coefficient (Wildman–Crippen LogP) is 5.51. The SMILES string of the molecule is CCCCCCC(C)(C)c1ccc([C@H](C)C[C@@H](C)O)c(O)c1. The number of phenols is 1. The molecule has 0 aliphatic heterocycles. The number of aliphatic hydroxyl groups is 1. The summed E-state index contributed by atoms with van der Waals surface area (Å²) in [6.07, 6.45) is 6.57. The maximum Gasteiger partial charge on any atom is 0.119 e. The van der Waals surface area contributed by atoms with Crippen molar-refractivity contribution in [2.75, 3.05) is 0 Å². The number of hydrogen-bond donors (Lipinski definition) is 2. The third kappa shape index (κ3) is 5.64. The molecular weight excluding hydrogens is 272 g/mol. The molecule has 0 saturated carbocycles. The highest BCUT2D eigenvalue weighted by molar-refractivity contribution is 5.41. The van der Waals surface area contributed by atoms with Gasteiger partial charge in [-0.25, -0.2) is 0 Å². The maximum absolute atomic E-state index is 10.4. The first-order valence-electron chi connectivity index (χ1n) is 8.79. The molecule has 2 nitrogen and oxygen atoms in total. The van der Waals surface area contributed by atoms with Gasteiger partial charge < -0.3 is 10.2 Å². The molecule has 1 aromatic carbocycles. The summed E-state index contributed by atoms with van der Waals surface area (Å²) < 4.78 is 0. The Morgan fingerprint density at radius 1 is 1.09 bits per heavy atom. The number of rotatable bonds is 9. The van der Waals surface area contributed by atoms with Gasteiger partial charge in [0.05, 0.1) is 6.10 Å². The van der Waals surface area contributed by atoms with E-state index in [0.717, 1.165) is 12.0 Å². The number of aliphatic hydroxyl groups excluding tert-OH is 1. The minimum absolute atomic E-state index is 0.0945. The minimum atomic E-state index is -0.343. The minimum Gasteiger partial charge on any atom is -0.508 e. The van der Waals surface area contributed by atoms with Crippen molar-refractivity contribution < 1.29 is 10.2 Å². The van der Waals surface area contributed by atoms with Crippen LogP contribution in [0.25, 0.3) is 0 Å². The molecule has 1 aromatic rings. The lowest BCUT2D eigenvalue weighted by atomic mass is 9.79. The van der Waals surface area contributed by atoms with Gasteiger partial charge in [0.25, 0.3) is 0 Å². The zero-order chi connectivity index (χ0) is 16.8. The standard InChI is InChI=1S/C20H34O2/c1-6-7-8-9-12-20(4,5)17-10-11-18(19(22)14-17)15(2)13-16(3)21/h10-11,14-16,21-22H,6-9,12-13H2,1-5H3/t15-,16-/m1/s1. The van der Waals surface area contributed by atoms with E-state index in [2.05, 4.69) is 33.8 Å². The quantitative estimate of drug-likeness (QED) is 0.590. The van der Waals surface area contributed by atoms with Crippen LogP contribution in [0.1, 0.15) is 90.2 Å². The van der Waals surface area contributed by atoms with Crippen molar-refractivity contribution >= 4 is 0 Å². The van der Waals surface area contributed by atoms with Gasteiger partial charge >= 0.3 is 0 Å². The van der Waals surface area contributed by atoms with E-state index in [1.165, 1.54) is 31.2 Å². The van der Waals surface area contributed by atoms with Gasteiger partial charge in [-0.15, -0.1) is 0 Å². The molecule has 22 heavy (non-hydrogen) atoms. The average Bonchev–Trinajstić information content (AvgIpc) is 2.42. The number of benzene rings is 1. The van der Waals surface area contributed by atoms with E-state index in [1.807, 2.05) is 12.1 Å². The Balaban J connectivity index is 2.78. The first kappa shape index (κ1) is 19.0. The number of phenolic OH excluding ortho intramolecular Hbond substituents is 1. The third-order valence-electron chi connectivity index (χ3n) is 4.69. The van der Waals surface area contributed by atoms with E-state index in [9.17, 15) is 10.2 Å². The second kappa shape index (κ2) is 8.57. The summed E-state index contributed by atoms with van der Waals surface area (Å²) in [4.78, 5) is 0. The molecule has 1 rings (SSSR count). The largest absolute Gasteiger partial charge is 0.508 e. The topological polar surface area (TPSA) is 40.5 Å². The van der Waals surface area contributed by atoms with Gasteiger partial charge in [0, 0.05) is 0 Å². The molecule has 0 aromatic heterocycles. The molecule has 0 unspecified atom stereocenters. The molecule has 2 heteroatoms. The van der Waals surface area contributed by atoms with Crippen LogP contribution in [-0.2, 0) is 5.41 Å². The van der Waals surface area contributed by atoms with Gasteiger partial charge in [-0.05, 0) is 48.3 Å². The van der Waals surface area contributed by atoms with Crippen molar-refractivity contribution in [3.8, 4) is 5.75 Å². The summed E-state index contributed by atoms with van der Waals surface area (Å²) in [7, 11) is 0. The van der Waals surface area contributed by atoms with Gasteiger partial charge in [-0.1, -0.05) is 65.5 Å². The van der Waals surface area contributed by atoms with Crippen LogP contribution < -0.4 is 0 Å². The summed E-state index contributed by atoms with van der Waals surface area (Å²) >= 11 is 0. The van der Waals surface area contributed by atoms with E-state index in [-0.39, 0.29) is 17.4 Å². The predicted molar refractivity (Wildman–Crippen MR) is 94.6 cm³/mol. The summed E-state index contributed by atoms with van der Waals surface area (Å²) in [6.45, 7) is 10.6. The van der Waals surface area contributed by atoms with Crippen LogP contribution in [0.4, 0.5) is 0 Å². The third-order valence-corrected chi connectivity index (χ3v) is 4.69. The fourth-order valence-electron chi connectivity index (χ4n) is 3.16. The summed E-state index contributed by atoms with van der Waals surface area (Å²) in [5.41, 5.74) is 2.23. The average molecular weight is 306 g/mol. The molecule has 126 valence electrons. The molecule has 0 bridgehead atoms. The zero-order valence-electron chi connectivity index (χ0n) is 15.0. The Morgan fingerprint density at radius 3 is 2.32 bits per heavy atom. The van der Waals surface area contributed by atoms with Crippen LogP contribution in [0.2, 0.25) is 0 Å². The van der Waals surface area contributed by atoms with Gasteiger partial charge in [0.2, 0.25) is 0 Å². The van der Waals surface area contributed by atoms with Crippen LogP contribution in [0.5, 0.6) is 5.75 Å². The monoisotopic (exact) mass is 306 g/mol. The van der Waals surface area contributed by atoms with Crippen molar-refractivity contribution in [2.24, 2.45) is 0 Å². The molecule has 0 radical (unpaired) electrons.